The van der Waals surface area contributed by atoms with Crippen LogP contribution in [-0.4, -0.2) is 31.4 Å². The maximum Gasteiger partial charge on any atom is 0.337 e. The van der Waals surface area contributed by atoms with Crippen molar-refractivity contribution in [1.29, 1.82) is 0 Å². The van der Waals surface area contributed by atoms with E-state index in [0.717, 1.165) is 0 Å². The zero-order chi connectivity index (χ0) is 17.5. The molecule has 0 aliphatic heterocycles. The molecule has 0 fully saturated rings. The maximum atomic E-state index is 12.2. The number of rotatable bonds is 5. The van der Waals surface area contributed by atoms with Gasteiger partial charge in [0.15, 0.2) is 0 Å². The van der Waals surface area contributed by atoms with Crippen molar-refractivity contribution in [2.24, 2.45) is 0 Å². The molecule has 1 N–H and O–H groups in total. The highest BCUT2D eigenvalue weighted by atomic mass is 16.5. The van der Waals surface area contributed by atoms with Crippen LogP contribution >= 0.6 is 0 Å². The van der Waals surface area contributed by atoms with Gasteiger partial charge in [-0.1, -0.05) is 24.3 Å². The van der Waals surface area contributed by atoms with Gasteiger partial charge in [0.25, 0.3) is 0 Å². The highest BCUT2D eigenvalue weighted by Gasteiger charge is 2.17. The van der Waals surface area contributed by atoms with Crippen molar-refractivity contribution in [2.75, 3.05) is 23.9 Å². The quantitative estimate of drug-likeness (QED) is 0.857. The van der Waals surface area contributed by atoms with Gasteiger partial charge in [-0.3, -0.25) is 9.59 Å². The molecular weight excluding hydrogens is 308 g/mol. The SMILES string of the molecule is COC(=O)c1cccc(N(CC(=O)Nc2ccccc2)C(C)=O)c1. The highest BCUT2D eigenvalue weighted by Crippen LogP contribution is 2.17. The Morgan fingerprint density at radius 1 is 1.04 bits per heavy atom. The highest BCUT2D eigenvalue weighted by molar-refractivity contribution is 6.02. The first-order chi connectivity index (χ1) is 11.5. The first kappa shape index (κ1) is 17.2. The van der Waals surface area contributed by atoms with Crippen LogP contribution in [-0.2, 0) is 14.3 Å². The molecule has 24 heavy (non-hydrogen) atoms. The topological polar surface area (TPSA) is 75.7 Å². The number of nitrogens with one attached hydrogen (secondary N) is 1. The van der Waals surface area contributed by atoms with E-state index in [-0.39, 0.29) is 18.4 Å². The molecule has 6 nitrogen and oxygen atoms in total. The number of nitrogens with zero attached hydrogens (tertiary/aromatic N) is 1. The third-order valence-corrected chi connectivity index (χ3v) is 3.32. The summed E-state index contributed by atoms with van der Waals surface area (Å²) in [4.78, 5) is 37.0. The molecule has 0 saturated heterocycles. The van der Waals surface area contributed by atoms with Crippen molar-refractivity contribution >= 4 is 29.2 Å². The minimum atomic E-state index is -0.505. The monoisotopic (exact) mass is 326 g/mol. The smallest absolute Gasteiger partial charge is 0.337 e. The summed E-state index contributed by atoms with van der Waals surface area (Å²) in [5.41, 5.74) is 1.41. The van der Waals surface area contributed by atoms with Crippen LogP contribution in [0.3, 0.4) is 0 Å². The molecular formula is C18H18N2O4. The third kappa shape index (κ3) is 4.42. The first-order valence-electron chi connectivity index (χ1n) is 7.32. The number of ether oxygens (including phenoxy) is 1. The molecule has 0 aliphatic rings. The Morgan fingerprint density at radius 2 is 1.75 bits per heavy atom. The fraction of sp³-hybridized carbons (Fsp3) is 0.167. The summed E-state index contributed by atoms with van der Waals surface area (Å²) in [6.45, 7) is 1.20. The number of methoxy groups -OCH3 is 1. The van der Waals surface area contributed by atoms with Gasteiger partial charge in [0.2, 0.25) is 11.8 Å². The van der Waals surface area contributed by atoms with Gasteiger partial charge < -0.3 is 15.0 Å². The molecule has 2 aromatic carbocycles. The van der Waals surface area contributed by atoms with Crippen LogP contribution in [0.15, 0.2) is 54.6 Å². The summed E-state index contributed by atoms with van der Waals surface area (Å²) in [6.07, 6.45) is 0. The van der Waals surface area contributed by atoms with Crippen molar-refractivity contribution in [2.45, 2.75) is 6.92 Å². The molecule has 0 saturated carbocycles. The number of hydrogen-bond donors (Lipinski definition) is 1. The number of amides is 2. The Hall–Kier alpha value is -3.15. The first-order valence-corrected chi connectivity index (χ1v) is 7.32. The average Bonchev–Trinajstić information content (AvgIpc) is 2.59. The van der Waals surface area contributed by atoms with Crippen LogP contribution in [0.25, 0.3) is 0 Å². The van der Waals surface area contributed by atoms with Crippen molar-refractivity contribution in [3.05, 3.63) is 60.2 Å². The van der Waals surface area contributed by atoms with Crippen molar-refractivity contribution in [1.82, 2.24) is 0 Å². The number of carbonyl (C=O) groups excluding carboxylic acids is 3. The number of esters is 1. The molecule has 6 heteroatoms. The van der Waals surface area contributed by atoms with E-state index in [2.05, 4.69) is 10.1 Å². The largest absolute Gasteiger partial charge is 0.465 e. The molecule has 0 heterocycles. The van der Waals surface area contributed by atoms with Gasteiger partial charge in [-0.2, -0.15) is 0 Å². The van der Waals surface area contributed by atoms with Crippen molar-refractivity contribution in [3.8, 4) is 0 Å². The second-order valence-corrected chi connectivity index (χ2v) is 5.06. The standard InChI is InChI=1S/C18H18N2O4/c1-13(21)20(12-17(22)19-15-8-4-3-5-9-15)16-10-6-7-14(11-16)18(23)24-2/h3-11H,12H2,1-2H3,(H,19,22). The van der Waals surface area contributed by atoms with Gasteiger partial charge in [-0.05, 0) is 30.3 Å². The van der Waals surface area contributed by atoms with Crippen molar-refractivity contribution < 1.29 is 19.1 Å². The van der Waals surface area contributed by atoms with Gasteiger partial charge in [0.05, 0.1) is 12.7 Å². The minimum Gasteiger partial charge on any atom is -0.465 e. The average molecular weight is 326 g/mol. The Balaban J connectivity index is 2.16. The fourth-order valence-corrected chi connectivity index (χ4v) is 2.17. The molecule has 0 atom stereocenters. The van der Waals surface area contributed by atoms with E-state index in [9.17, 15) is 14.4 Å². The maximum absolute atomic E-state index is 12.2. The predicted octanol–water partition coefficient (Wildman–Crippen LogP) is 2.46. The molecule has 0 spiro atoms. The lowest BCUT2D eigenvalue weighted by atomic mass is 10.2. The Labute approximate surface area is 140 Å². The van der Waals surface area contributed by atoms with Crippen molar-refractivity contribution in [3.63, 3.8) is 0 Å². The number of anilines is 2. The second-order valence-electron chi connectivity index (χ2n) is 5.06. The van der Waals surface area contributed by atoms with Gasteiger partial charge in [-0.15, -0.1) is 0 Å². The lowest BCUT2D eigenvalue weighted by Crippen LogP contribution is -2.36. The Morgan fingerprint density at radius 3 is 2.38 bits per heavy atom. The van der Waals surface area contributed by atoms with E-state index in [1.165, 1.54) is 25.0 Å². The predicted molar refractivity (Wildman–Crippen MR) is 90.9 cm³/mol. The van der Waals surface area contributed by atoms with E-state index in [4.69, 9.17) is 0 Å². The normalized spacial score (nSPS) is 9.92. The van der Waals surface area contributed by atoms with E-state index < -0.39 is 5.97 Å². The lowest BCUT2D eigenvalue weighted by Gasteiger charge is -2.21. The Bertz CT molecular complexity index is 744. The summed E-state index contributed by atoms with van der Waals surface area (Å²) in [6, 6.07) is 15.4. The number of carbonyl (C=O) groups is 3. The van der Waals surface area contributed by atoms with Gasteiger partial charge in [0.1, 0.15) is 6.54 Å². The summed E-state index contributed by atoms with van der Waals surface area (Å²) in [5, 5.41) is 2.72. The van der Waals surface area contributed by atoms with E-state index in [1.54, 1.807) is 42.5 Å². The van der Waals surface area contributed by atoms with Crippen LogP contribution in [0.4, 0.5) is 11.4 Å². The molecule has 0 bridgehead atoms. The van der Waals surface area contributed by atoms with Gasteiger partial charge in [0, 0.05) is 18.3 Å². The number of para-hydroxylation sites is 1. The van der Waals surface area contributed by atoms with Gasteiger partial charge in [-0.25, -0.2) is 4.79 Å². The molecule has 2 aromatic rings. The zero-order valence-corrected chi connectivity index (χ0v) is 13.5. The molecule has 0 radical (unpaired) electrons. The summed E-state index contributed by atoms with van der Waals surface area (Å²) < 4.78 is 4.67. The lowest BCUT2D eigenvalue weighted by molar-refractivity contribution is -0.120. The molecule has 2 rings (SSSR count). The fourth-order valence-electron chi connectivity index (χ4n) is 2.17. The summed E-state index contributed by atoms with van der Waals surface area (Å²) in [7, 11) is 1.28. The summed E-state index contributed by atoms with van der Waals surface area (Å²) >= 11 is 0. The minimum absolute atomic E-state index is 0.158. The Kier molecular flexibility index (Phi) is 5.68. The molecule has 124 valence electrons. The van der Waals surface area contributed by atoms with Crippen LogP contribution in [0, 0.1) is 0 Å². The van der Waals surface area contributed by atoms with Crippen LogP contribution in [0.5, 0.6) is 0 Å². The molecule has 0 aromatic heterocycles. The van der Waals surface area contributed by atoms with E-state index >= 15 is 0 Å². The molecule has 2 amide bonds. The number of hydrogen-bond acceptors (Lipinski definition) is 4. The summed E-state index contributed by atoms with van der Waals surface area (Å²) in [5.74, 6) is -1.14. The molecule has 0 aliphatic carbocycles. The number of benzene rings is 2. The van der Waals surface area contributed by atoms with E-state index in [1.807, 2.05) is 6.07 Å². The van der Waals surface area contributed by atoms with Crippen LogP contribution < -0.4 is 10.2 Å². The zero-order valence-electron chi connectivity index (χ0n) is 13.5. The van der Waals surface area contributed by atoms with Crippen LogP contribution in [0.2, 0.25) is 0 Å². The second kappa shape index (κ2) is 7.92. The van der Waals surface area contributed by atoms with E-state index in [0.29, 0.717) is 16.9 Å². The molecule has 0 unspecified atom stereocenters. The van der Waals surface area contributed by atoms with Crippen LogP contribution in [0.1, 0.15) is 17.3 Å². The third-order valence-electron chi connectivity index (χ3n) is 3.32. The van der Waals surface area contributed by atoms with Gasteiger partial charge >= 0.3 is 5.97 Å².